The Morgan fingerprint density at radius 1 is 1.30 bits per heavy atom. The van der Waals surface area contributed by atoms with Crippen molar-refractivity contribution in [1.29, 1.82) is 0 Å². The van der Waals surface area contributed by atoms with Gasteiger partial charge in [-0.2, -0.15) is 0 Å². The highest BCUT2D eigenvalue weighted by Gasteiger charge is 2.39. The highest BCUT2D eigenvalue weighted by atomic mass is 16.5. The number of carbonyl (C=O) groups is 1. The molecule has 1 aromatic heterocycles. The lowest BCUT2D eigenvalue weighted by atomic mass is 9.90. The summed E-state index contributed by atoms with van der Waals surface area (Å²) < 4.78 is 10.8. The fourth-order valence-corrected chi connectivity index (χ4v) is 3.56. The van der Waals surface area contributed by atoms with E-state index in [0.717, 1.165) is 51.1 Å². The lowest BCUT2D eigenvalue weighted by Crippen LogP contribution is -2.58. The number of nitrogens with zero attached hydrogens (tertiary/aromatic N) is 2. The first-order valence-corrected chi connectivity index (χ1v) is 8.73. The van der Waals surface area contributed by atoms with Gasteiger partial charge >= 0.3 is 0 Å². The lowest BCUT2D eigenvalue weighted by Gasteiger charge is -2.46. The summed E-state index contributed by atoms with van der Waals surface area (Å²) in [5.41, 5.74) is 1.11. The van der Waals surface area contributed by atoms with Crippen LogP contribution in [0.1, 0.15) is 51.5 Å². The van der Waals surface area contributed by atoms with Crippen LogP contribution < -0.4 is 0 Å². The van der Waals surface area contributed by atoms with Crippen molar-refractivity contribution in [2.75, 3.05) is 19.8 Å². The number of rotatable bonds is 5. The summed E-state index contributed by atoms with van der Waals surface area (Å²) in [4.78, 5) is 14.9. The van der Waals surface area contributed by atoms with Gasteiger partial charge in [0.15, 0.2) is 5.78 Å². The van der Waals surface area contributed by atoms with Crippen LogP contribution in [0.2, 0.25) is 0 Å². The third kappa shape index (κ3) is 4.21. The average Bonchev–Trinajstić information content (AvgIpc) is 2.83. The summed E-state index contributed by atoms with van der Waals surface area (Å²) in [6.45, 7) is 9.19. The first kappa shape index (κ1) is 16.7. The molecule has 1 atom stereocenters. The second-order valence-corrected chi connectivity index (χ2v) is 8.05. The summed E-state index contributed by atoms with van der Waals surface area (Å²) in [5, 5.41) is 4.11. The van der Waals surface area contributed by atoms with Gasteiger partial charge in [-0.25, -0.2) is 0 Å². The minimum atomic E-state index is 0.0641. The third-order valence-corrected chi connectivity index (χ3v) is 4.76. The van der Waals surface area contributed by atoms with Gasteiger partial charge in [-0.3, -0.25) is 9.69 Å². The van der Waals surface area contributed by atoms with Gasteiger partial charge in [-0.15, -0.1) is 0 Å². The number of ketones is 1. The molecule has 128 valence electrons. The Hall–Kier alpha value is -1.20. The lowest BCUT2D eigenvalue weighted by molar-refractivity contribution is -0.132. The maximum absolute atomic E-state index is 12.6. The van der Waals surface area contributed by atoms with E-state index in [1.54, 1.807) is 0 Å². The van der Waals surface area contributed by atoms with Gasteiger partial charge < -0.3 is 9.26 Å². The van der Waals surface area contributed by atoms with Crippen molar-refractivity contribution in [2.45, 2.75) is 65.0 Å². The highest BCUT2D eigenvalue weighted by molar-refractivity contribution is 5.86. The molecule has 0 radical (unpaired) electrons. The Bertz CT molecular complexity index is 541. The molecule has 3 heterocycles. The predicted octanol–water partition coefficient (Wildman–Crippen LogP) is 2.63. The second kappa shape index (κ2) is 6.73. The fourth-order valence-electron chi connectivity index (χ4n) is 3.56. The van der Waals surface area contributed by atoms with Crippen molar-refractivity contribution in [2.24, 2.45) is 5.41 Å². The van der Waals surface area contributed by atoms with Gasteiger partial charge in [0.1, 0.15) is 5.76 Å². The zero-order valence-corrected chi connectivity index (χ0v) is 14.5. The van der Waals surface area contributed by atoms with Crippen LogP contribution in [0.3, 0.4) is 0 Å². The first-order chi connectivity index (χ1) is 10.9. The molecular weight excluding hydrogens is 292 g/mol. The molecule has 2 saturated heterocycles. The van der Waals surface area contributed by atoms with E-state index in [2.05, 4.69) is 30.8 Å². The molecule has 0 spiro atoms. The summed E-state index contributed by atoms with van der Waals surface area (Å²) in [7, 11) is 0. The topological polar surface area (TPSA) is 55.6 Å². The number of hydrogen-bond acceptors (Lipinski definition) is 5. The number of Topliss-reactive ketones (excluding diaryl/α,β-unsaturated/α-hetero) is 1. The van der Waals surface area contributed by atoms with Crippen LogP contribution in [-0.2, 0) is 22.4 Å². The number of aromatic nitrogens is 1. The highest BCUT2D eigenvalue weighted by Crippen LogP contribution is 2.28. The molecule has 5 heteroatoms. The number of ether oxygens (including phenoxy) is 1. The Labute approximate surface area is 138 Å². The quantitative estimate of drug-likeness (QED) is 0.835. The molecule has 0 saturated carbocycles. The van der Waals surface area contributed by atoms with E-state index < -0.39 is 0 Å². The molecule has 5 nitrogen and oxygen atoms in total. The van der Waals surface area contributed by atoms with Gasteiger partial charge in [-0.05, 0) is 31.1 Å². The number of carbonyl (C=O) groups excluding carboxylic acids is 1. The summed E-state index contributed by atoms with van der Waals surface area (Å²) >= 11 is 0. The smallest absolute Gasteiger partial charge is 0.157 e. The molecule has 0 aliphatic carbocycles. The van der Waals surface area contributed by atoms with Crippen LogP contribution in [-0.4, -0.2) is 47.7 Å². The Morgan fingerprint density at radius 3 is 2.65 bits per heavy atom. The second-order valence-electron chi connectivity index (χ2n) is 8.05. The van der Waals surface area contributed by atoms with E-state index in [1.165, 1.54) is 0 Å². The van der Waals surface area contributed by atoms with Gasteiger partial charge in [0, 0.05) is 31.9 Å². The fraction of sp³-hybridized carbons (Fsp3) is 0.778. The van der Waals surface area contributed by atoms with Gasteiger partial charge in [0.25, 0.3) is 0 Å². The zero-order chi connectivity index (χ0) is 16.4. The van der Waals surface area contributed by atoms with E-state index in [-0.39, 0.29) is 17.2 Å². The van der Waals surface area contributed by atoms with Crippen molar-refractivity contribution in [3.8, 4) is 0 Å². The van der Waals surface area contributed by atoms with Crippen molar-refractivity contribution < 1.29 is 14.1 Å². The molecule has 0 amide bonds. The van der Waals surface area contributed by atoms with Gasteiger partial charge in [-0.1, -0.05) is 25.9 Å². The Morgan fingerprint density at radius 2 is 2.04 bits per heavy atom. The van der Waals surface area contributed by atoms with Crippen LogP contribution >= 0.6 is 0 Å². The molecule has 23 heavy (non-hydrogen) atoms. The molecule has 0 N–H and O–H groups in total. The van der Waals surface area contributed by atoms with Crippen LogP contribution in [0.25, 0.3) is 0 Å². The normalized spacial score (nSPS) is 23.7. The molecule has 0 bridgehead atoms. The largest absolute Gasteiger partial charge is 0.381 e. The maximum atomic E-state index is 12.6. The molecule has 0 aromatic carbocycles. The SMILES string of the molecule is CC(C)(C)Cc1cc(CC(=O)[C@@H]2CCN2C2CCOCC2)on1. The van der Waals surface area contributed by atoms with Gasteiger partial charge in [0.05, 0.1) is 18.2 Å². The zero-order valence-electron chi connectivity index (χ0n) is 14.5. The van der Waals surface area contributed by atoms with E-state index in [9.17, 15) is 4.79 Å². The summed E-state index contributed by atoms with van der Waals surface area (Å²) in [6.07, 6.45) is 4.28. The minimum absolute atomic E-state index is 0.0641. The van der Waals surface area contributed by atoms with Crippen LogP contribution in [0.4, 0.5) is 0 Å². The van der Waals surface area contributed by atoms with E-state index in [1.807, 2.05) is 6.07 Å². The molecule has 1 aromatic rings. The van der Waals surface area contributed by atoms with Crippen molar-refractivity contribution in [1.82, 2.24) is 10.1 Å². The van der Waals surface area contributed by atoms with Crippen LogP contribution in [0, 0.1) is 5.41 Å². The summed E-state index contributed by atoms with van der Waals surface area (Å²) in [6, 6.07) is 2.52. The van der Waals surface area contributed by atoms with Crippen molar-refractivity contribution in [3.63, 3.8) is 0 Å². The maximum Gasteiger partial charge on any atom is 0.157 e. The number of hydrogen-bond donors (Lipinski definition) is 0. The monoisotopic (exact) mass is 320 g/mol. The van der Waals surface area contributed by atoms with E-state index in [4.69, 9.17) is 9.26 Å². The molecule has 3 rings (SSSR count). The molecule has 2 aliphatic heterocycles. The van der Waals surface area contributed by atoms with Gasteiger partial charge in [0.2, 0.25) is 0 Å². The third-order valence-electron chi connectivity index (χ3n) is 4.76. The number of likely N-dealkylation sites (tertiary alicyclic amines) is 1. The molecular formula is C18H28N2O3. The molecule has 2 fully saturated rings. The van der Waals surface area contributed by atoms with E-state index >= 15 is 0 Å². The Kier molecular flexibility index (Phi) is 4.87. The van der Waals surface area contributed by atoms with Crippen LogP contribution in [0.5, 0.6) is 0 Å². The van der Waals surface area contributed by atoms with Crippen molar-refractivity contribution >= 4 is 5.78 Å². The Balaban J connectivity index is 1.54. The summed E-state index contributed by atoms with van der Waals surface area (Å²) in [5.74, 6) is 0.967. The average molecular weight is 320 g/mol. The molecule has 2 aliphatic rings. The predicted molar refractivity (Wildman–Crippen MR) is 87.3 cm³/mol. The van der Waals surface area contributed by atoms with E-state index in [0.29, 0.717) is 18.2 Å². The first-order valence-electron chi connectivity index (χ1n) is 8.73. The van der Waals surface area contributed by atoms with Crippen LogP contribution in [0.15, 0.2) is 10.6 Å². The van der Waals surface area contributed by atoms with Crippen molar-refractivity contribution in [3.05, 3.63) is 17.5 Å². The minimum Gasteiger partial charge on any atom is -0.381 e. The standard InChI is InChI=1S/C18H28N2O3/c1-18(2,3)12-13-10-15(23-19-13)11-17(21)16-4-7-20(16)14-5-8-22-9-6-14/h10,14,16H,4-9,11-12H2,1-3H3/t16-/m0/s1. The molecule has 0 unspecified atom stereocenters.